The number of nitrogens with zero attached hydrogens (tertiary/aromatic N) is 2. The smallest absolute Gasteiger partial charge is 0.312 e. The highest BCUT2D eigenvalue weighted by Crippen LogP contribution is 2.60. The Morgan fingerprint density at radius 1 is 1.34 bits per heavy atom. The average molecular weight is 485 g/mol. The summed E-state index contributed by atoms with van der Waals surface area (Å²) >= 11 is 0. The highest BCUT2D eigenvalue weighted by Gasteiger charge is 2.75. The van der Waals surface area contributed by atoms with E-state index in [1.807, 2.05) is 51.1 Å². The number of carbonyl (C=O) groups is 3. The molecule has 35 heavy (non-hydrogen) atoms. The fourth-order valence-corrected chi connectivity index (χ4v) is 6.21. The van der Waals surface area contributed by atoms with Crippen LogP contribution in [0.1, 0.15) is 52.1 Å². The third-order valence-electron chi connectivity index (χ3n) is 7.61. The quantitative estimate of drug-likeness (QED) is 0.450. The summed E-state index contributed by atoms with van der Waals surface area (Å²) in [6.07, 6.45) is 2.24. The lowest BCUT2D eigenvalue weighted by Gasteiger charge is -2.43. The lowest BCUT2D eigenvalue weighted by molar-refractivity contribution is -0.157. The minimum atomic E-state index is -1.15. The first kappa shape index (κ1) is 25.4. The van der Waals surface area contributed by atoms with Gasteiger partial charge in [0, 0.05) is 12.1 Å². The zero-order valence-electron chi connectivity index (χ0n) is 21.0. The largest absolute Gasteiger partial charge is 0.466 e. The molecular formula is C27H36N2O6. The minimum absolute atomic E-state index is 0.197. The molecule has 3 saturated heterocycles. The number of rotatable bonds is 8. The lowest BCUT2D eigenvalue weighted by atomic mass is 9.70. The predicted molar refractivity (Wildman–Crippen MR) is 129 cm³/mol. The van der Waals surface area contributed by atoms with Crippen LogP contribution in [0.2, 0.25) is 0 Å². The monoisotopic (exact) mass is 484 g/mol. The molecule has 6 atom stereocenters. The highest BCUT2D eigenvalue weighted by atomic mass is 16.6. The lowest BCUT2D eigenvalue weighted by Crippen LogP contribution is -2.60. The number of hydrogen-bond acceptors (Lipinski definition) is 6. The molecule has 1 aromatic carbocycles. The SMILES string of the molecule is C=CCN(C(=O)C1N([C@H](CO)c2ccccc2)C(=O)[C@@H]2[C@H](C(=O)OCC)[C@@H]3CCC12O3)C(C)(C)C. The first-order chi connectivity index (χ1) is 16.6. The van der Waals surface area contributed by atoms with E-state index in [9.17, 15) is 19.5 Å². The van der Waals surface area contributed by atoms with Crippen LogP contribution in [0.5, 0.6) is 0 Å². The Labute approximate surface area is 206 Å². The van der Waals surface area contributed by atoms with Crippen molar-refractivity contribution in [2.75, 3.05) is 19.8 Å². The molecule has 3 heterocycles. The topological polar surface area (TPSA) is 96.4 Å². The second-order valence-corrected chi connectivity index (χ2v) is 10.6. The van der Waals surface area contributed by atoms with Gasteiger partial charge in [-0.25, -0.2) is 0 Å². The van der Waals surface area contributed by atoms with Crippen molar-refractivity contribution < 1.29 is 29.0 Å². The van der Waals surface area contributed by atoms with Gasteiger partial charge >= 0.3 is 5.97 Å². The summed E-state index contributed by atoms with van der Waals surface area (Å²) in [7, 11) is 0. The van der Waals surface area contributed by atoms with Crippen molar-refractivity contribution in [2.24, 2.45) is 11.8 Å². The van der Waals surface area contributed by atoms with Gasteiger partial charge in [0.1, 0.15) is 11.6 Å². The first-order valence-electron chi connectivity index (χ1n) is 12.4. The van der Waals surface area contributed by atoms with E-state index in [0.717, 1.165) is 0 Å². The Bertz CT molecular complexity index is 989. The standard InChI is InChI=1S/C27H36N2O6/c1-6-15-28(26(3,4)5)24(32)22-27-14-13-19(35-27)20(25(33)34-7-2)21(27)23(31)29(22)18(16-30)17-11-9-8-10-12-17/h6,8-12,18-22,30H,1,7,13-16H2,2-5H3/t18-,19+,20-,21+,22?,27?/m1/s1. The van der Waals surface area contributed by atoms with Gasteiger partial charge in [0.2, 0.25) is 11.8 Å². The first-order valence-corrected chi connectivity index (χ1v) is 12.4. The fraction of sp³-hybridized carbons (Fsp3) is 0.593. The normalized spacial score (nSPS) is 30.2. The molecule has 2 unspecified atom stereocenters. The van der Waals surface area contributed by atoms with Crippen LogP contribution in [0.4, 0.5) is 0 Å². The van der Waals surface area contributed by atoms with Crippen molar-refractivity contribution in [2.45, 2.75) is 69.9 Å². The number of benzene rings is 1. The van der Waals surface area contributed by atoms with E-state index >= 15 is 0 Å². The molecule has 0 radical (unpaired) electrons. The molecule has 2 bridgehead atoms. The maximum absolute atomic E-state index is 14.3. The van der Waals surface area contributed by atoms with Gasteiger partial charge in [-0.15, -0.1) is 6.58 Å². The van der Waals surface area contributed by atoms with Crippen molar-refractivity contribution in [3.05, 3.63) is 48.6 Å². The molecule has 0 aliphatic carbocycles. The number of aliphatic hydroxyl groups is 1. The van der Waals surface area contributed by atoms with E-state index in [-0.39, 0.29) is 25.0 Å². The van der Waals surface area contributed by atoms with Crippen LogP contribution in [0.3, 0.4) is 0 Å². The summed E-state index contributed by atoms with van der Waals surface area (Å²) in [5, 5.41) is 10.5. The van der Waals surface area contributed by atoms with E-state index in [2.05, 4.69) is 6.58 Å². The Balaban J connectivity index is 1.86. The molecule has 1 aromatic rings. The molecule has 0 saturated carbocycles. The van der Waals surface area contributed by atoms with Crippen LogP contribution in [0.15, 0.2) is 43.0 Å². The number of likely N-dealkylation sites (tertiary alicyclic amines) is 1. The number of amides is 2. The third kappa shape index (κ3) is 3.96. The number of carbonyl (C=O) groups excluding carboxylic acids is 3. The molecule has 1 N–H and O–H groups in total. The van der Waals surface area contributed by atoms with Gasteiger partial charge in [0.05, 0.1) is 37.2 Å². The summed E-state index contributed by atoms with van der Waals surface area (Å²) in [6, 6.07) is 7.43. The fourth-order valence-electron chi connectivity index (χ4n) is 6.21. The number of esters is 1. The minimum Gasteiger partial charge on any atom is -0.466 e. The molecule has 3 aliphatic heterocycles. The van der Waals surface area contributed by atoms with Gasteiger partial charge in [-0.1, -0.05) is 36.4 Å². The van der Waals surface area contributed by atoms with Crippen LogP contribution in [0, 0.1) is 11.8 Å². The molecule has 3 fully saturated rings. The van der Waals surface area contributed by atoms with Gasteiger partial charge in [-0.2, -0.15) is 0 Å². The Kier molecular flexibility index (Phi) is 6.81. The molecular weight excluding hydrogens is 448 g/mol. The number of ether oxygens (including phenoxy) is 2. The average Bonchev–Trinajstić information content (AvgIpc) is 3.46. The third-order valence-corrected chi connectivity index (χ3v) is 7.61. The van der Waals surface area contributed by atoms with Crippen LogP contribution >= 0.6 is 0 Å². The van der Waals surface area contributed by atoms with Crippen LogP contribution in [-0.2, 0) is 23.9 Å². The predicted octanol–water partition coefficient (Wildman–Crippen LogP) is 2.47. The highest BCUT2D eigenvalue weighted by molar-refractivity contribution is 5.98. The van der Waals surface area contributed by atoms with E-state index in [1.54, 1.807) is 17.9 Å². The van der Waals surface area contributed by atoms with Crippen molar-refractivity contribution in [3.8, 4) is 0 Å². The molecule has 8 nitrogen and oxygen atoms in total. The number of hydrogen-bond donors (Lipinski definition) is 1. The second-order valence-electron chi connectivity index (χ2n) is 10.6. The molecule has 1 spiro atoms. The summed E-state index contributed by atoms with van der Waals surface area (Å²) in [6.45, 7) is 11.5. The molecule has 0 aromatic heterocycles. The van der Waals surface area contributed by atoms with Crippen molar-refractivity contribution in [1.82, 2.24) is 9.80 Å². The molecule has 2 amide bonds. The maximum atomic E-state index is 14.3. The Morgan fingerprint density at radius 2 is 2.03 bits per heavy atom. The second kappa shape index (κ2) is 9.39. The zero-order valence-corrected chi connectivity index (χ0v) is 21.0. The summed E-state index contributed by atoms with van der Waals surface area (Å²) in [5.41, 5.74) is -0.984. The van der Waals surface area contributed by atoms with E-state index in [4.69, 9.17) is 9.47 Å². The maximum Gasteiger partial charge on any atom is 0.312 e. The molecule has 190 valence electrons. The van der Waals surface area contributed by atoms with E-state index in [1.165, 1.54) is 4.90 Å². The van der Waals surface area contributed by atoms with Crippen LogP contribution in [-0.4, -0.2) is 75.7 Å². The molecule has 8 heteroatoms. The summed E-state index contributed by atoms with van der Waals surface area (Å²) in [5.74, 6) is -2.69. The summed E-state index contributed by atoms with van der Waals surface area (Å²) < 4.78 is 11.8. The van der Waals surface area contributed by atoms with E-state index < -0.39 is 47.1 Å². The summed E-state index contributed by atoms with van der Waals surface area (Å²) in [4.78, 5) is 44.6. The Morgan fingerprint density at radius 3 is 2.60 bits per heavy atom. The number of fused-ring (bicyclic) bond motifs is 1. The van der Waals surface area contributed by atoms with Gasteiger partial charge < -0.3 is 24.4 Å². The van der Waals surface area contributed by atoms with Crippen LogP contribution in [0.25, 0.3) is 0 Å². The number of aliphatic hydroxyl groups excluding tert-OH is 1. The van der Waals surface area contributed by atoms with Crippen molar-refractivity contribution in [1.29, 1.82) is 0 Å². The van der Waals surface area contributed by atoms with Crippen molar-refractivity contribution in [3.63, 3.8) is 0 Å². The van der Waals surface area contributed by atoms with E-state index in [0.29, 0.717) is 24.9 Å². The van der Waals surface area contributed by atoms with Gasteiger partial charge in [-0.3, -0.25) is 14.4 Å². The van der Waals surface area contributed by atoms with Crippen LogP contribution < -0.4 is 0 Å². The van der Waals surface area contributed by atoms with Gasteiger partial charge in [0.15, 0.2) is 0 Å². The Hall–Kier alpha value is -2.71. The zero-order chi connectivity index (χ0) is 25.5. The molecule has 3 aliphatic rings. The molecule has 4 rings (SSSR count). The van der Waals surface area contributed by atoms with Gasteiger partial charge in [-0.05, 0) is 46.1 Å². The van der Waals surface area contributed by atoms with Crippen molar-refractivity contribution >= 4 is 17.8 Å². The van der Waals surface area contributed by atoms with Gasteiger partial charge in [0.25, 0.3) is 0 Å².